The smallest absolute Gasteiger partial charge is 0.265 e. The summed E-state index contributed by atoms with van der Waals surface area (Å²) in [5, 5.41) is 6.28. The van der Waals surface area contributed by atoms with Gasteiger partial charge in [-0.25, -0.2) is 8.42 Å². The number of aryl methyl sites for hydroxylation is 2. The van der Waals surface area contributed by atoms with Crippen LogP contribution in [0.25, 0.3) is 10.8 Å². The minimum absolute atomic E-state index is 0.249. The lowest BCUT2D eigenvalue weighted by Gasteiger charge is -2.10. The van der Waals surface area contributed by atoms with Gasteiger partial charge < -0.3 is 0 Å². The van der Waals surface area contributed by atoms with E-state index in [9.17, 15) is 8.42 Å². The first-order valence-corrected chi connectivity index (χ1v) is 9.86. The fourth-order valence-corrected chi connectivity index (χ4v) is 4.87. The van der Waals surface area contributed by atoms with Gasteiger partial charge in [0.1, 0.15) is 4.90 Å². The Hall–Kier alpha value is -1.86. The van der Waals surface area contributed by atoms with Crippen molar-refractivity contribution in [1.82, 2.24) is 9.78 Å². The van der Waals surface area contributed by atoms with E-state index in [1.807, 2.05) is 37.3 Å². The topological polar surface area (TPSA) is 64.0 Å². The van der Waals surface area contributed by atoms with Crippen molar-refractivity contribution < 1.29 is 8.42 Å². The van der Waals surface area contributed by atoms with Crippen molar-refractivity contribution in [3.8, 4) is 0 Å². The van der Waals surface area contributed by atoms with E-state index in [2.05, 4.69) is 25.8 Å². The maximum atomic E-state index is 12.8. The molecule has 2 aromatic carbocycles. The molecule has 0 aliphatic rings. The highest BCUT2D eigenvalue weighted by Gasteiger charge is 2.24. The van der Waals surface area contributed by atoms with Crippen LogP contribution < -0.4 is 4.72 Å². The Balaban J connectivity index is 2.03. The summed E-state index contributed by atoms with van der Waals surface area (Å²) in [6.07, 6.45) is 0. The molecule has 5 nitrogen and oxygen atoms in total. The van der Waals surface area contributed by atoms with E-state index in [1.54, 1.807) is 24.6 Å². The summed E-state index contributed by atoms with van der Waals surface area (Å²) in [6, 6.07) is 11.3. The molecule has 24 heavy (non-hydrogen) atoms. The third-order valence-corrected chi connectivity index (χ3v) is 6.29. The molecule has 0 saturated carbocycles. The van der Waals surface area contributed by atoms with Crippen LogP contribution >= 0.6 is 15.9 Å². The molecule has 0 spiro atoms. The second kappa shape index (κ2) is 6.22. The minimum atomic E-state index is -3.69. The summed E-state index contributed by atoms with van der Waals surface area (Å²) in [5.74, 6) is 0. The SMILES string of the molecule is CCn1nc(C)c(S(=O)(=O)Nc2ccc3c(Br)cccc3c2)c1C. The number of anilines is 1. The van der Waals surface area contributed by atoms with Gasteiger partial charge in [0.25, 0.3) is 10.0 Å². The van der Waals surface area contributed by atoms with Crippen LogP contribution in [0.15, 0.2) is 45.8 Å². The van der Waals surface area contributed by atoms with Gasteiger partial charge in [0.15, 0.2) is 0 Å². The first-order chi connectivity index (χ1) is 11.3. The van der Waals surface area contributed by atoms with Crippen molar-refractivity contribution in [3.05, 3.63) is 52.3 Å². The van der Waals surface area contributed by atoms with Crippen molar-refractivity contribution >= 4 is 42.4 Å². The molecule has 0 aliphatic carbocycles. The average molecular weight is 408 g/mol. The molecular weight excluding hydrogens is 390 g/mol. The lowest BCUT2D eigenvalue weighted by atomic mass is 10.1. The second-order valence-corrected chi connectivity index (χ2v) is 8.07. The molecule has 3 rings (SSSR count). The standard InChI is InChI=1S/C17H18BrN3O2S/c1-4-21-12(3)17(11(2)19-21)24(22,23)20-14-8-9-15-13(10-14)6-5-7-16(15)18/h5-10,20H,4H2,1-3H3. The number of halogens is 1. The van der Waals surface area contributed by atoms with Crippen LogP contribution in [0.3, 0.4) is 0 Å². The van der Waals surface area contributed by atoms with Gasteiger partial charge in [-0.2, -0.15) is 5.10 Å². The van der Waals surface area contributed by atoms with Gasteiger partial charge in [0, 0.05) is 16.7 Å². The number of hydrogen-bond acceptors (Lipinski definition) is 3. The van der Waals surface area contributed by atoms with Gasteiger partial charge in [-0.1, -0.05) is 34.1 Å². The lowest BCUT2D eigenvalue weighted by molar-refractivity contribution is 0.598. The molecule has 0 radical (unpaired) electrons. The van der Waals surface area contributed by atoms with Crippen LogP contribution in [0, 0.1) is 13.8 Å². The quantitative estimate of drug-likeness (QED) is 0.703. The van der Waals surface area contributed by atoms with Crippen molar-refractivity contribution in [1.29, 1.82) is 0 Å². The Labute approximate surface area is 149 Å². The normalized spacial score (nSPS) is 11.8. The molecule has 7 heteroatoms. The molecule has 3 aromatic rings. The number of hydrogen-bond donors (Lipinski definition) is 1. The molecule has 1 heterocycles. The lowest BCUT2D eigenvalue weighted by Crippen LogP contribution is -2.15. The fourth-order valence-electron chi connectivity index (χ4n) is 2.89. The van der Waals surface area contributed by atoms with Gasteiger partial charge in [0.05, 0.1) is 11.4 Å². The zero-order valence-electron chi connectivity index (χ0n) is 13.7. The monoisotopic (exact) mass is 407 g/mol. The highest BCUT2D eigenvalue weighted by Crippen LogP contribution is 2.28. The molecule has 126 valence electrons. The average Bonchev–Trinajstić information content (AvgIpc) is 2.81. The molecule has 0 aliphatic heterocycles. The van der Waals surface area contributed by atoms with Gasteiger partial charge >= 0.3 is 0 Å². The van der Waals surface area contributed by atoms with Crippen molar-refractivity contribution in [2.45, 2.75) is 32.2 Å². The highest BCUT2D eigenvalue weighted by molar-refractivity contribution is 9.10. The zero-order valence-corrected chi connectivity index (χ0v) is 16.1. The number of nitrogens with one attached hydrogen (secondary N) is 1. The van der Waals surface area contributed by atoms with Crippen molar-refractivity contribution in [3.63, 3.8) is 0 Å². The Morgan fingerprint density at radius 3 is 2.62 bits per heavy atom. The number of rotatable bonds is 4. The number of nitrogens with zero attached hydrogens (tertiary/aromatic N) is 2. The van der Waals surface area contributed by atoms with Crippen LogP contribution in [0.2, 0.25) is 0 Å². The van der Waals surface area contributed by atoms with E-state index in [4.69, 9.17) is 0 Å². The van der Waals surface area contributed by atoms with E-state index >= 15 is 0 Å². The van der Waals surface area contributed by atoms with E-state index in [-0.39, 0.29) is 4.90 Å². The summed E-state index contributed by atoms with van der Waals surface area (Å²) in [4.78, 5) is 0.249. The van der Waals surface area contributed by atoms with Gasteiger partial charge in [-0.15, -0.1) is 0 Å². The largest absolute Gasteiger partial charge is 0.279 e. The fraction of sp³-hybridized carbons (Fsp3) is 0.235. The van der Waals surface area contributed by atoms with Gasteiger partial charge in [-0.3, -0.25) is 9.40 Å². The predicted molar refractivity (Wildman–Crippen MR) is 99.8 cm³/mol. The van der Waals surface area contributed by atoms with E-state index in [1.165, 1.54) is 0 Å². The highest BCUT2D eigenvalue weighted by atomic mass is 79.9. The predicted octanol–water partition coefficient (Wildman–Crippen LogP) is 4.24. The number of fused-ring (bicyclic) bond motifs is 1. The van der Waals surface area contributed by atoms with Crippen LogP contribution in [0.1, 0.15) is 18.3 Å². The number of sulfonamides is 1. The van der Waals surface area contributed by atoms with E-state index in [0.29, 0.717) is 23.6 Å². The minimum Gasteiger partial charge on any atom is -0.279 e. The van der Waals surface area contributed by atoms with Crippen molar-refractivity contribution in [2.75, 3.05) is 4.72 Å². The van der Waals surface area contributed by atoms with Crippen molar-refractivity contribution in [2.24, 2.45) is 0 Å². The summed E-state index contributed by atoms with van der Waals surface area (Å²) >= 11 is 3.50. The van der Waals surface area contributed by atoms with Gasteiger partial charge in [0.2, 0.25) is 0 Å². The van der Waals surface area contributed by atoms with E-state index in [0.717, 1.165) is 15.2 Å². The molecule has 0 saturated heterocycles. The third-order valence-electron chi connectivity index (χ3n) is 3.96. The summed E-state index contributed by atoms with van der Waals surface area (Å²) in [7, 11) is -3.69. The molecule has 0 fully saturated rings. The van der Waals surface area contributed by atoms with Crippen LogP contribution in [-0.4, -0.2) is 18.2 Å². The number of aromatic nitrogens is 2. The summed E-state index contributed by atoms with van der Waals surface area (Å²) in [6.45, 7) is 6.05. The summed E-state index contributed by atoms with van der Waals surface area (Å²) in [5.41, 5.74) is 1.68. The van der Waals surface area contributed by atoms with Gasteiger partial charge in [-0.05, 0) is 49.7 Å². The molecule has 0 unspecified atom stereocenters. The van der Waals surface area contributed by atoms with Crippen LogP contribution in [0.4, 0.5) is 5.69 Å². The van der Waals surface area contributed by atoms with E-state index < -0.39 is 10.0 Å². The Bertz CT molecular complexity index is 1030. The Morgan fingerprint density at radius 1 is 1.21 bits per heavy atom. The van der Waals surface area contributed by atoms with Crippen LogP contribution in [0.5, 0.6) is 0 Å². The number of benzene rings is 2. The third kappa shape index (κ3) is 2.93. The maximum absolute atomic E-state index is 12.8. The molecule has 1 aromatic heterocycles. The maximum Gasteiger partial charge on any atom is 0.265 e. The molecule has 1 N–H and O–H groups in total. The Morgan fingerprint density at radius 2 is 1.96 bits per heavy atom. The first-order valence-electron chi connectivity index (χ1n) is 7.58. The second-order valence-electron chi connectivity index (χ2n) is 5.60. The zero-order chi connectivity index (χ0) is 17.5. The van der Waals surface area contributed by atoms with Crippen LogP contribution in [-0.2, 0) is 16.6 Å². The molecule has 0 bridgehead atoms. The molecule has 0 atom stereocenters. The summed E-state index contributed by atoms with van der Waals surface area (Å²) < 4.78 is 30.9. The first kappa shape index (κ1) is 17.0. The Kier molecular flexibility index (Phi) is 4.40. The molecular formula is C17H18BrN3O2S. The molecule has 0 amide bonds.